The van der Waals surface area contributed by atoms with E-state index in [4.69, 9.17) is 15.9 Å². The largest absolute Gasteiger partial charge is 0.341 e. The molecule has 0 amide bonds. The van der Waals surface area contributed by atoms with Crippen LogP contribution in [0, 0.1) is 6.92 Å². The Bertz CT molecular complexity index is 1890. The van der Waals surface area contributed by atoms with Crippen LogP contribution in [0.4, 0.5) is 4.39 Å². The first-order valence-electron chi connectivity index (χ1n) is 13.6. The normalized spacial score (nSPS) is 12.5. The highest BCUT2D eigenvalue weighted by atomic mass is 35.5. The molecular formula is C33H28ClFN2O4S2. The van der Waals surface area contributed by atoms with Crippen molar-refractivity contribution in [1.29, 1.82) is 0 Å². The lowest BCUT2D eigenvalue weighted by Crippen LogP contribution is -2.16. The molecule has 0 aliphatic carbocycles. The van der Waals surface area contributed by atoms with Gasteiger partial charge in [0.1, 0.15) is 5.71 Å². The maximum Gasteiger partial charge on any atom is 0.264 e. The molecule has 5 rings (SSSR count). The zero-order valence-corrected chi connectivity index (χ0v) is 25.9. The van der Waals surface area contributed by atoms with Gasteiger partial charge in [-0.3, -0.25) is 13.9 Å². The summed E-state index contributed by atoms with van der Waals surface area (Å²) in [6.45, 7) is 4.64. The molecule has 1 unspecified atom stereocenters. The van der Waals surface area contributed by atoms with Crippen LogP contribution in [0.2, 0.25) is 5.02 Å². The topological polar surface area (TPSA) is 77.7 Å². The number of Topliss-reactive ketones (excluding diaryl/α,β-unsaturated/α-hetero) is 1. The van der Waals surface area contributed by atoms with E-state index >= 15 is 0 Å². The lowest BCUT2D eigenvalue weighted by atomic mass is 9.97. The maximum atomic E-state index is 13.7. The molecule has 0 bridgehead atoms. The molecule has 10 heteroatoms. The van der Waals surface area contributed by atoms with Crippen LogP contribution in [0.1, 0.15) is 45.2 Å². The van der Waals surface area contributed by atoms with E-state index in [1.807, 2.05) is 74.5 Å². The number of fused-ring (bicyclic) bond motifs is 3. The van der Waals surface area contributed by atoms with Crippen LogP contribution in [-0.2, 0) is 21.9 Å². The molecule has 4 aromatic carbocycles. The van der Waals surface area contributed by atoms with Crippen LogP contribution < -0.4 is 0 Å². The van der Waals surface area contributed by atoms with Gasteiger partial charge in [-0.1, -0.05) is 41.0 Å². The van der Waals surface area contributed by atoms with Crippen LogP contribution in [-0.4, -0.2) is 37.8 Å². The smallest absolute Gasteiger partial charge is 0.264 e. The number of aryl methyl sites for hydroxylation is 2. The van der Waals surface area contributed by atoms with Crippen molar-refractivity contribution in [3.63, 3.8) is 0 Å². The lowest BCUT2D eigenvalue weighted by molar-refractivity contribution is 0.103. The summed E-state index contributed by atoms with van der Waals surface area (Å²) in [6.07, 6.45) is 0.194. The summed E-state index contributed by atoms with van der Waals surface area (Å²) in [4.78, 5) is 28.1. The monoisotopic (exact) mass is 634 g/mol. The number of halogens is 2. The van der Waals surface area contributed by atoms with E-state index < -0.39 is 22.9 Å². The van der Waals surface area contributed by atoms with E-state index in [0.717, 1.165) is 32.3 Å². The SMILES string of the molecule is CCn1c2ccc(C(=O)/C(CCSc3ccc(Cl)cc3)=N/OS(=O)CF)cc2c2cc(C(=O)c3ccccc3C)ccc21. The molecule has 1 atom stereocenters. The summed E-state index contributed by atoms with van der Waals surface area (Å²) in [5, 5.41) is 6.08. The van der Waals surface area contributed by atoms with E-state index in [0.29, 0.717) is 34.0 Å². The highest BCUT2D eigenvalue weighted by molar-refractivity contribution is 7.99. The van der Waals surface area contributed by atoms with Crippen LogP contribution in [0.25, 0.3) is 21.8 Å². The van der Waals surface area contributed by atoms with Gasteiger partial charge in [0.05, 0.1) is 0 Å². The van der Waals surface area contributed by atoms with Crippen molar-refractivity contribution >= 4 is 73.5 Å². The van der Waals surface area contributed by atoms with Crippen molar-refractivity contribution in [3.8, 4) is 0 Å². The fraction of sp³-hybridized carbons (Fsp3) is 0.182. The number of aromatic nitrogens is 1. The summed E-state index contributed by atoms with van der Waals surface area (Å²) in [7, 11) is 0. The summed E-state index contributed by atoms with van der Waals surface area (Å²) >= 11 is 5.17. The van der Waals surface area contributed by atoms with E-state index in [-0.39, 0.29) is 17.9 Å². The predicted octanol–water partition coefficient (Wildman–Crippen LogP) is 8.34. The zero-order chi connectivity index (χ0) is 30.5. The Balaban J connectivity index is 1.50. The molecule has 0 spiro atoms. The average molecular weight is 635 g/mol. The van der Waals surface area contributed by atoms with Crippen LogP contribution in [0.3, 0.4) is 0 Å². The van der Waals surface area contributed by atoms with Crippen LogP contribution in [0.15, 0.2) is 95.0 Å². The lowest BCUT2D eigenvalue weighted by Gasteiger charge is -2.07. The number of alkyl halides is 1. The van der Waals surface area contributed by atoms with E-state index in [9.17, 15) is 18.2 Å². The first-order chi connectivity index (χ1) is 20.8. The number of hydrogen-bond acceptors (Lipinski definition) is 6. The van der Waals surface area contributed by atoms with E-state index in [1.165, 1.54) is 11.8 Å². The Morgan fingerprint density at radius 1 is 0.953 bits per heavy atom. The quantitative estimate of drug-likeness (QED) is 0.0597. The van der Waals surface area contributed by atoms with Crippen molar-refractivity contribution in [2.45, 2.75) is 31.7 Å². The number of carbonyl (C=O) groups excluding carboxylic acids is 2. The molecular weight excluding hydrogens is 607 g/mol. The van der Waals surface area contributed by atoms with E-state index in [1.54, 1.807) is 24.3 Å². The number of thioether (sulfide) groups is 1. The van der Waals surface area contributed by atoms with Gasteiger partial charge in [0, 0.05) is 67.1 Å². The Morgan fingerprint density at radius 3 is 2.26 bits per heavy atom. The minimum Gasteiger partial charge on any atom is -0.341 e. The van der Waals surface area contributed by atoms with Gasteiger partial charge in [0.25, 0.3) is 11.1 Å². The Morgan fingerprint density at radius 2 is 1.60 bits per heavy atom. The number of oxime groups is 1. The molecule has 1 aromatic heterocycles. The van der Waals surface area contributed by atoms with Gasteiger partial charge in [0.2, 0.25) is 11.8 Å². The van der Waals surface area contributed by atoms with E-state index in [2.05, 4.69) is 9.72 Å². The summed E-state index contributed by atoms with van der Waals surface area (Å²) in [5.74, 6) is -0.0196. The second kappa shape index (κ2) is 13.7. The molecule has 0 N–H and O–H groups in total. The van der Waals surface area contributed by atoms with Gasteiger partial charge in [-0.05, 0) is 80.1 Å². The van der Waals surface area contributed by atoms with Crippen molar-refractivity contribution in [2.24, 2.45) is 5.16 Å². The van der Waals surface area contributed by atoms with Gasteiger partial charge in [-0.25, -0.2) is 8.60 Å². The third kappa shape index (κ3) is 6.74. The molecule has 0 aliphatic rings. The fourth-order valence-electron chi connectivity index (χ4n) is 4.98. The van der Waals surface area contributed by atoms with Crippen LogP contribution >= 0.6 is 23.4 Å². The number of rotatable bonds is 12. The van der Waals surface area contributed by atoms with Gasteiger partial charge in [-0.2, -0.15) is 0 Å². The standard InChI is InChI=1S/C33H28ClFN2O4S2/c1-3-37-30-14-8-22(32(38)26-7-5-4-6-21(26)2)18-27(30)28-19-23(9-15-31(28)37)33(39)29(36-41-43(40)20-35)16-17-42-25-12-10-24(34)11-13-25/h4-15,18-19H,3,16-17,20H2,1-2H3/b36-29+. The van der Waals surface area contributed by atoms with Crippen molar-refractivity contribution in [1.82, 2.24) is 4.57 Å². The average Bonchev–Trinajstić information content (AvgIpc) is 3.35. The molecule has 0 radical (unpaired) electrons. The molecule has 1 heterocycles. The number of hydrogen-bond donors (Lipinski definition) is 0. The zero-order valence-electron chi connectivity index (χ0n) is 23.5. The molecule has 220 valence electrons. The molecule has 43 heavy (non-hydrogen) atoms. The summed E-state index contributed by atoms with van der Waals surface area (Å²) in [6, 6.07) is 24.5. The molecule has 0 saturated carbocycles. The predicted molar refractivity (Wildman–Crippen MR) is 173 cm³/mol. The molecule has 0 aliphatic heterocycles. The highest BCUT2D eigenvalue weighted by Gasteiger charge is 2.20. The van der Waals surface area contributed by atoms with Gasteiger partial charge >= 0.3 is 0 Å². The molecule has 6 nitrogen and oxygen atoms in total. The molecule has 0 fully saturated rings. The first-order valence-corrected chi connectivity index (χ1v) is 16.2. The second-order valence-electron chi connectivity index (χ2n) is 9.76. The van der Waals surface area contributed by atoms with Crippen molar-refractivity contribution in [2.75, 3.05) is 11.8 Å². The van der Waals surface area contributed by atoms with Gasteiger partial charge in [-0.15, -0.1) is 11.8 Å². The Hall–Kier alpha value is -3.79. The Kier molecular flexibility index (Phi) is 9.75. The van der Waals surface area contributed by atoms with Crippen LogP contribution in [0.5, 0.6) is 0 Å². The minimum atomic E-state index is -2.29. The van der Waals surface area contributed by atoms with Crippen molar-refractivity contribution in [3.05, 3.63) is 112 Å². The molecule has 0 saturated heterocycles. The first kappa shape index (κ1) is 30.7. The second-order valence-corrected chi connectivity index (χ2v) is 12.3. The number of carbonyl (C=O) groups is 2. The number of benzene rings is 4. The Labute approximate surface area is 260 Å². The number of ketones is 2. The molecule has 5 aromatic rings. The van der Waals surface area contributed by atoms with Gasteiger partial charge < -0.3 is 4.57 Å². The summed E-state index contributed by atoms with van der Waals surface area (Å²) < 4.78 is 31.4. The minimum absolute atomic E-state index is 0.0252. The third-order valence-corrected chi connectivity index (χ3v) is 8.78. The fourth-order valence-corrected chi connectivity index (χ4v) is 6.18. The highest BCUT2D eigenvalue weighted by Crippen LogP contribution is 2.32. The summed E-state index contributed by atoms with van der Waals surface area (Å²) in [5.41, 5.74) is 4.32. The van der Waals surface area contributed by atoms with Gasteiger partial charge in [0.15, 0.2) is 5.78 Å². The maximum absolute atomic E-state index is 13.7. The van der Waals surface area contributed by atoms with Crippen molar-refractivity contribution < 1.29 is 22.5 Å². The number of nitrogens with zero attached hydrogens (tertiary/aromatic N) is 2. The third-order valence-electron chi connectivity index (χ3n) is 7.10.